The van der Waals surface area contributed by atoms with Crippen molar-refractivity contribution in [3.05, 3.63) is 82.9 Å². The first kappa shape index (κ1) is 20.5. The van der Waals surface area contributed by atoms with Crippen molar-refractivity contribution in [1.82, 2.24) is 0 Å². The fraction of sp³-hybridized carbons (Fsp3) is 0.174. The second-order valence-electron chi connectivity index (χ2n) is 6.80. The summed E-state index contributed by atoms with van der Waals surface area (Å²) in [5, 5.41) is 26.9. The van der Waals surface area contributed by atoms with E-state index in [0.29, 0.717) is 18.0 Å². The monoisotopic (exact) mass is 420 g/mol. The summed E-state index contributed by atoms with van der Waals surface area (Å²) >= 11 is 0. The molecule has 8 heteroatoms. The third-order valence-corrected chi connectivity index (χ3v) is 4.75. The number of aliphatic hydroxyl groups is 1. The van der Waals surface area contributed by atoms with E-state index in [9.17, 15) is 9.90 Å². The van der Waals surface area contributed by atoms with Gasteiger partial charge in [-0.3, -0.25) is 0 Å². The van der Waals surface area contributed by atoms with Gasteiger partial charge in [0.25, 0.3) is 0 Å². The van der Waals surface area contributed by atoms with Crippen molar-refractivity contribution >= 4 is 17.3 Å². The average Bonchev–Trinajstić information content (AvgIpc) is 2.82. The van der Waals surface area contributed by atoms with Gasteiger partial charge in [0, 0.05) is 5.56 Å². The molecule has 0 saturated heterocycles. The van der Waals surface area contributed by atoms with Crippen molar-refractivity contribution in [3.63, 3.8) is 0 Å². The Morgan fingerprint density at radius 3 is 2.58 bits per heavy atom. The largest absolute Gasteiger partial charge is 0.488 e. The van der Waals surface area contributed by atoms with Crippen LogP contribution in [0.15, 0.2) is 70.9 Å². The maximum absolute atomic E-state index is 11.7. The molecule has 31 heavy (non-hydrogen) atoms. The summed E-state index contributed by atoms with van der Waals surface area (Å²) < 4.78 is 16.6. The lowest BCUT2D eigenvalue weighted by atomic mass is 10.1. The average molecular weight is 420 g/mol. The summed E-state index contributed by atoms with van der Waals surface area (Å²) in [4.78, 5) is 11.7. The SMILES string of the molecule is O=C(O)c1cc(/N=N/c2ccc(CO)cc2)ccc1OCc1cccc2c1COCO2. The summed E-state index contributed by atoms with van der Waals surface area (Å²) in [6.07, 6.45) is 0. The fourth-order valence-corrected chi connectivity index (χ4v) is 3.11. The van der Waals surface area contributed by atoms with E-state index in [0.717, 1.165) is 22.4 Å². The lowest BCUT2D eigenvalue weighted by molar-refractivity contribution is -0.0172. The van der Waals surface area contributed by atoms with E-state index >= 15 is 0 Å². The molecule has 8 nitrogen and oxygen atoms in total. The third kappa shape index (κ3) is 4.88. The van der Waals surface area contributed by atoms with E-state index in [1.807, 2.05) is 18.2 Å². The molecule has 0 bridgehead atoms. The van der Waals surface area contributed by atoms with Crippen LogP contribution in [0.2, 0.25) is 0 Å². The minimum absolute atomic E-state index is 0.00984. The zero-order chi connectivity index (χ0) is 21.6. The molecular weight excluding hydrogens is 400 g/mol. The Hall–Kier alpha value is -3.75. The standard InChI is InChI=1S/C23H20N2O6/c26-11-15-4-6-17(7-5-15)24-25-18-8-9-22(19(10-18)23(27)28)30-12-16-2-1-3-21-20(16)13-29-14-31-21/h1-10,26H,11-14H2,(H,27,28)/b25-24+. The van der Waals surface area contributed by atoms with Gasteiger partial charge in [0.15, 0.2) is 6.79 Å². The van der Waals surface area contributed by atoms with Gasteiger partial charge in [-0.2, -0.15) is 10.2 Å². The molecule has 1 aliphatic heterocycles. The fourth-order valence-electron chi connectivity index (χ4n) is 3.11. The molecule has 0 radical (unpaired) electrons. The van der Waals surface area contributed by atoms with Gasteiger partial charge < -0.3 is 24.4 Å². The van der Waals surface area contributed by atoms with Gasteiger partial charge in [-0.05, 0) is 47.5 Å². The van der Waals surface area contributed by atoms with Crippen LogP contribution in [-0.4, -0.2) is 23.0 Å². The van der Waals surface area contributed by atoms with Crippen molar-refractivity contribution in [2.75, 3.05) is 6.79 Å². The van der Waals surface area contributed by atoms with Gasteiger partial charge in [0.05, 0.1) is 24.6 Å². The van der Waals surface area contributed by atoms with E-state index in [-0.39, 0.29) is 31.3 Å². The van der Waals surface area contributed by atoms with Crippen molar-refractivity contribution in [1.29, 1.82) is 0 Å². The minimum Gasteiger partial charge on any atom is -0.488 e. The zero-order valence-corrected chi connectivity index (χ0v) is 16.5. The van der Waals surface area contributed by atoms with E-state index in [2.05, 4.69) is 10.2 Å². The second-order valence-corrected chi connectivity index (χ2v) is 6.80. The highest BCUT2D eigenvalue weighted by molar-refractivity contribution is 5.92. The highest BCUT2D eigenvalue weighted by Crippen LogP contribution is 2.30. The molecule has 158 valence electrons. The summed E-state index contributed by atoms with van der Waals surface area (Å²) in [7, 11) is 0. The lowest BCUT2D eigenvalue weighted by Crippen LogP contribution is -2.14. The molecule has 3 aromatic rings. The van der Waals surface area contributed by atoms with Gasteiger partial charge in [-0.15, -0.1) is 0 Å². The molecule has 1 aliphatic rings. The Balaban J connectivity index is 1.51. The molecule has 1 heterocycles. The Kier molecular flexibility index (Phi) is 6.21. The van der Waals surface area contributed by atoms with Crippen LogP contribution in [0.3, 0.4) is 0 Å². The van der Waals surface area contributed by atoms with Crippen LogP contribution in [0, 0.1) is 0 Å². The van der Waals surface area contributed by atoms with Crippen LogP contribution in [0.5, 0.6) is 11.5 Å². The van der Waals surface area contributed by atoms with Crippen molar-refractivity contribution < 1.29 is 29.2 Å². The van der Waals surface area contributed by atoms with Crippen LogP contribution in [0.1, 0.15) is 27.0 Å². The van der Waals surface area contributed by atoms with E-state index in [1.54, 1.807) is 36.4 Å². The van der Waals surface area contributed by atoms with Gasteiger partial charge in [0.1, 0.15) is 23.7 Å². The first-order valence-corrected chi connectivity index (χ1v) is 9.57. The van der Waals surface area contributed by atoms with Crippen LogP contribution >= 0.6 is 0 Å². The quantitative estimate of drug-likeness (QED) is 0.534. The number of hydrogen-bond donors (Lipinski definition) is 2. The number of carboxylic acid groups (broad SMARTS) is 1. The lowest BCUT2D eigenvalue weighted by Gasteiger charge is -2.20. The Morgan fingerprint density at radius 2 is 1.81 bits per heavy atom. The number of hydrogen-bond acceptors (Lipinski definition) is 7. The molecular formula is C23H20N2O6. The number of rotatable bonds is 7. The maximum atomic E-state index is 11.7. The van der Waals surface area contributed by atoms with Crippen molar-refractivity contribution in [2.45, 2.75) is 19.8 Å². The Bertz CT molecular complexity index is 1110. The van der Waals surface area contributed by atoms with Gasteiger partial charge in [-0.25, -0.2) is 4.79 Å². The summed E-state index contributed by atoms with van der Waals surface area (Å²) in [6, 6.07) is 17.2. The molecule has 0 unspecified atom stereocenters. The number of aliphatic hydroxyl groups excluding tert-OH is 1. The summed E-state index contributed by atoms with van der Waals surface area (Å²) in [6.45, 7) is 0.752. The second kappa shape index (κ2) is 9.38. The number of aromatic carboxylic acids is 1. The number of ether oxygens (including phenoxy) is 3. The minimum atomic E-state index is -1.12. The molecule has 0 saturated carbocycles. The first-order chi connectivity index (χ1) is 15.1. The van der Waals surface area contributed by atoms with Crippen molar-refractivity contribution in [3.8, 4) is 11.5 Å². The highest BCUT2D eigenvalue weighted by atomic mass is 16.7. The topological polar surface area (TPSA) is 110 Å². The van der Waals surface area contributed by atoms with Gasteiger partial charge in [0.2, 0.25) is 0 Å². The number of carbonyl (C=O) groups is 1. The highest BCUT2D eigenvalue weighted by Gasteiger charge is 2.17. The number of azo groups is 1. The van der Waals surface area contributed by atoms with E-state index < -0.39 is 5.97 Å². The zero-order valence-electron chi connectivity index (χ0n) is 16.5. The number of fused-ring (bicyclic) bond motifs is 1. The summed E-state index contributed by atoms with van der Waals surface area (Å²) in [5.74, 6) is -0.149. The Labute approximate surface area is 178 Å². The van der Waals surface area contributed by atoms with E-state index in [4.69, 9.17) is 19.3 Å². The molecule has 0 fully saturated rings. The Morgan fingerprint density at radius 1 is 1.03 bits per heavy atom. The van der Waals surface area contributed by atoms with E-state index in [1.165, 1.54) is 6.07 Å². The van der Waals surface area contributed by atoms with Crippen LogP contribution in [0.25, 0.3) is 0 Å². The van der Waals surface area contributed by atoms with Crippen LogP contribution in [0.4, 0.5) is 11.4 Å². The first-order valence-electron chi connectivity index (χ1n) is 9.57. The van der Waals surface area contributed by atoms with Crippen LogP contribution in [-0.2, 0) is 24.6 Å². The maximum Gasteiger partial charge on any atom is 0.339 e. The van der Waals surface area contributed by atoms with Gasteiger partial charge >= 0.3 is 5.97 Å². The van der Waals surface area contributed by atoms with Crippen LogP contribution < -0.4 is 9.47 Å². The van der Waals surface area contributed by atoms with Crippen molar-refractivity contribution in [2.24, 2.45) is 10.2 Å². The molecule has 0 aliphatic carbocycles. The molecule has 0 amide bonds. The number of carboxylic acids is 1. The number of nitrogens with zero attached hydrogens (tertiary/aromatic N) is 2. The molecule has 4 rings (SSSR count). The normalized spacial score (nSPS) is 12.9. The molecule has 0 aromatic heterocycles. The molecule has 0 spiro atoms. The molecule has 2 N–H and O–H groups in total. The predicted molar refractivity (Wildman–Crippen MR) is 111 cm³/mol. The number of benzene rings is 3. The molecule has 3 aromatic carbocycles. The van der Waals surface area contributed by atoms with Gasteiger partial charge in [-0.1, -0.05) is 24.3 Å². The molecule has 0 atom stereocenters. The predicted octanol–water partition coefficient (Wildman–Crippen LogP) is 4.74. The summed E-state index contributed by atoms with van der Waals surface area (Å²) in [5.41, 5.74) is 3.49. The third-order valence-electron chi connectivity index (χ3n) is 4.75. The smallest absolute Gasteiger partial charge is 0.339 e.